The molecule has 0 aliphatic carbocycles. The lowest BCUT2D eigenvalue weighted by Gasteiger charge is -2.30. The molecule has 0 saturated carbocycles. The number of nitrogens with one attached hydrogen (secondary N) is 1. The van der Waals surface area contributed by atoms with Gasteiger partial charge in [0.15, 0.2) is 10.6 Å². The van der Waals surface area contributed by atoms with E-state index in [4.69, 9.17) is 12.2 Å². The molecule has 1 aromatic heterocycles. The molecule has 0 spiro atoms. The summed E-state index contributed by atoms with van der Waals surface area (Å²) in [6.45, 7) is 6.61. The SMILES string of the molecule is Cc1cccc(-c2n[nH]c(=S)n2CCC(=O)N2CCC(C)CC2)c1. The minimum Gasteiger partial charge on any atom is -0.343 e. The molecule has 1 aliphatic rings. The van der Waals surface area contributed by atoms with Crippen molar-refractivity contribution >= 4 is 18.1 Å². The monoisotopic (exact) mass is 344 g/mol. The first kappa shape index (κ1) is 16.9. The number of carbonyl (C=O) groups excluding carboxylic acids is 1. The van der Waals surface area contributed by atoms with Crippen LogP contribution in [-0.4, -0.2) is 38.7 Å². The summed E-state index contributed by atoms with van der Waals surface area (Å²) in [5.41, 5.74) is 2.19. The third-order valence-electron chi connectivity index (χ3n) is 4.72. The van der Waals surface area contributed by atoms with Crippen LogP contribution in [0.25, 0.3) is 11.4 Å². The molecule has 5 nitrogen and oxygen atoms in total. The van der Waals surface area contributed by atoms with Gasteiger partial charge in [-0.25, -0.2) is 0 Å². The van der Waals surface area contributed by atoms with Gasteiger partial charge in [-0.15, -0.1) is 0 Å². The molecule has 1 aromatic carbocycles. The van der Waals surface area contributed by atoms with Crippen molar-refractivity contribution in [2.24, 2.45) is 5.92 Å². The van der Waals surface area contributed by atoms with E-state index in [0.29, 0.717) is 17.7 Å². The summed E-state index contributed by atoms with van der Waals surface area (Å²) in [6, 6.07) is 8.15. The zero-order valence-corrected chi connectivity index (χ0v) is 15.1. The first-order chi connectivity index (χ1) is 11.5. The largest absolute Gasteiger partial charge is 0.343 e. The maximum atomic E-state index is 12.5. The average Bonchev–Trinajstić information content (AvgIpc) is 2.94. The maximum Gasteiger partial charge on any atom is 0.224 e. The predicted octanol–water partition coefficient (Wildman–Crippen LogP) is 3.56. The quantitative estimate of drug-likeness (QED) is 0.863. The summed E-state index contributed by atoms with van der Waals surface area (Å²) in [4.78, 5) is 14.4. The van der Waals surface area contributed by atoms with Crippen molar-refractivity contribution in [1.82, 2.24) is 19.7 Å². The normalized spacial score (nSPS) is 15.7. The number of hydrogen-bond acceptors (Lipinski definition) is 3. The van der Waals surface area contributed by atoms with Gasteiger partial charge in [-0.3, -0.25) is 14.5 Å². The second-order valence-electron chi connectivity index (χ2n) is 6.69. The number of hydrogen-bond donors (Lipinski definition) is 1. The van der Waals surface area contributed by atoms with Crippen molar-refractivity contribution in [2.45, 2.75) is 39.7 Å². The van der Waals surface area contributed by atoms with Crippen molar-refractivity contribution < 1.29 is 4.79 Å². The van der Waals surface area contributed by atoms with Crippen LogP contribution in [0.15, 0.2) is 24.3 Å². The molecular formula is C18H24N4OS. The number of aromatic amines is 1. The molecule has 24 heavy (non-hydrogen) atoms. The summed E-state index contributed by atoms with van der Waals surface area (Å²) in [6.07, 6.45) is 2.66. The number of likely N-dealkylation sites (tertiary alicyclic amines) is 1. The Morgan fingerprint density at radius 2 is 2.12 bits per heavy atom. The first-order valence-electron chi connectivity index (χ1n) is 8.54. The number of benzene rings is 1. The van der Waals surface area contributed by atoms with E-state index in [2.05, 4.69) is 36.2 Å². The molecule has 3 rings (SSSR count). The molecule has 1 fully saturated rings. The lowest BCUT2D eigenvalue weighted by molar-refractivity contribution is -0.132. The number of nitrogens with zero attached hydrogens (tertiary/aromatic N) is 3. The highest BCUT2D eigenvalue weighted by Gasteiger charge is 2.20. The smallest absolute Gasteiger partial charge is 0.224 e. The van der Waals surface area contributed by atoms with Gasteiger partial charge in [0.05, 0.1) is 0 Å². The average molecular weight is 344 g/mol. The molecule has 0 unspecified atom stereocenters. The minimum absolute atomic E-state index is 0.209. The molecule has 2 aromatic rings. The van der Waals surface area contributed by atoms with E-state index < -0.39 is 0 Å². The Morgan fingerprint density at radius 3 is 2.83 bits per heavy atom. The van der Waals surface area contributed by atoms with E-state index >= 15 is 0 Å². The van der Waals surface area contributed by atoms with Crippen LogP contribution in [0, 0.1) is 17.6 Å². The van der Waals surface area contributed by atoms with E-state index in [0.717, 1.165) is 43.2 Å². The Labute approximate surface area is 147 Å². The molecule has 0 radical (unpaired) electrons. The van der Waals surface area contributed by atoms with Gasteiger partial charge in [0.25, 0.3) is 0 Å². The van der Waals surface area contributed by atoms with Crippen molar-refractivity contribution in [3.8, 4) is 11.4 Å². The third-order valence-corrected chi connectivity index (χ3v) is 5.03. The van der Waals surface area contributed by atoms with E-state index in [9.17, 15) is 4.79 Å². The molecule has 2 heterocycles. The molecule has 1 saturated heterocycles. The third kappa shape index (κ3) is 3.75. The van der Waals surface area contributed by atoms with Crippen LogP contribution in [0.3, 0.4) is 0 Å². The topological polar surface area (TPSA) is 53.9 Å². The van der Waals surface area contributed by atoms with Gasteiger partial charge in [-0.2, -0.15) is 5.10 Å². The summed E-state index contributed by atoms with van der Waals surface area (Å²) >= 11 is 5.35. The molecule has 6 heteroatoms. The van der Waals surface area contributed by atoms with E-state index in [1.807, 2.05) is 21.6 Å². The second-order valence-corrected chi connectivity index (χ2v) is 7.07. The molecule has 1 amide bonds. The fourth-order valence-electron chi connectivity index (χ4n) is 3.15. The highest BCUT2D eigenvalue weighted by molar-refractivity contribution is 7.71. The molecule has 128 valence electrons. The fraction of sp³-hybridized carbons (Fsp3) is 0.500. The van der Waals surface area contributed by atoms with E-state index in [-0.39, 0.29) is 5.91 Å². The Kier molecular flexibility index (Phi) is 5.14. The number of aromatic nitrogens is 3. The Balaban J connectivity index is 1.71. The lowest BCUT2D eigenvalue weighted by Crippen LogP contribution is -2.38. The molecular weight excluding hydrogens is 320 g/mol. The zero-order valence-electron chi connectivity index (χ0n) is 14.3. The molecule has 0 atom stereocenters. The van der Waals surface area contributed by atoms with Crippen molar-refractivity contribution in [1.29, 1.82) is 0 Å². The van der Waals surface area contributed by atoms with Gasteiger partial charge < -0.3 is 4.90 Å². The number of rotatable bonds is 4. The number of aryl methyl sites for hydroxylation is 1. The summed E-state index contributed by atoms with van der Waals surface area (Å²) < 4.78 is 2.49. The number of amides is 1. The van der Waals surface area contributed by atoms with Gasteiger partial charge >= 0.3 is 0 Å². The van der Waals surface area contributed by atoms with Crippen LogP contribution < -0.4 is 0 Å². The van der Waals surface area contributed by atoms with E-state index in [1.54, 1.807) is 0 Å². The highest BCUT2D eigenvalue weighted by atomic mass is 32.1. The van der Waals surface area contributed by atoms with Gasteiger partial charge in [-0.1, -0.05) is 30.7 Å². The van der Waals surface area contributed by atoms with Crippen molar-refractivity contribution in [3.63, 3.8) is 0 Å². The summed E-state index contributed by atoms with van der Waals surface area (Å²) in [7, 11) is 0. The summed E-state index contributed by atoms with van der Waals surface area (Å²) in [5, 5.41) is 7.20. The van der Waals surface area contributed by atoms with Gasteiger partial charge in [0, 0.05) is 31.6 Å². The summed E-state index contributed by atoms with van der Waals surface area (Å²) in [5.74, 6) is 1.73. The maximum absolute atomic E-state index is 12.5. The van der Waals surface area contributed by atoms with Gasteiger partial charge in [0.2, 0.25) is 5.91 Å². The Hall–Kier alpha value is -1.95. The van der Waals surface area contributed by atoms with Gasteiger partial charge in [-0.05, 0) is 44.0 Å². The van der Waals surface area contributed by atoms with Crippen LogP contribution in [-0.2, 0) is 11.3 Å². The molecule has 1 aliphatic heterocycles. The van der Waals surface area contributed by atoms with Crippen LogP contribution >= 0.6 is 12.2 Å². The zero-order chi connectivity index (χ0) is 17.1. The predicted molar refractivity (Wildman–Crippen MR) is 97.2 cm³/mol. The first-order valence-corrected chi connectivity index (χ1v) is 8.95. The van der Waals surface area contributed by atoms with Crippen LogP contribution in [0.5, 0.6) is 0 Å². The van der Waals surface area contributed by atoms with E-state index in [1.165, 1.54) is 5.56 Å². The van der Waals surface area contributed by atoms with Crippen LogP contribution in [0.1, 0.15) is 31.7 Å². The number of piperidine rings is 1. The fourth-order valence-corrected chi connectivity index (χ4v) is 3.38. The van der Waals surface area contributed by atoms with Gasteiger partial charge in [0.1, 0.15) is 0 Å². The molecule has 1 N–H and O–H groups in total. The number of carbonyl (C=O) groups is 1. The second kappa shape index (κ2) is 7.30. The van der Waals surface area contributed by atoms with Crippen molar-refractivity contribution in [2.75, 3.05) is 13.1 Å². The van der Waals surface area contributed by atoms with Crippen molar-refractivity contribution in [3.05, 3.63) is 34.6 Å². The molecule has 0 bridgehead atoms. The highest BCUT2D eigenvalue weighted by Crippen LogP contribution is 2.20. The Morgan fingerprint density at radius 1 is 1.38 bits per heavy atom. The standard InChI is InChI=1S/C18H24N4OS/c1-13-6-9-21(10-7-13)16(23)8-11-22-17(19-20-18(22)24)15-5-3-4-14(2)12-15/h3-5,12-13H,6-11H2,1-2H3,(H,20,24). The van der Waals surface area contributed by atoms with Crippen LogP contribution in [0.4, 0.5) is 0 Å². The van der Waals surface area contributed by atoms with Crippen LogP contribution in [0.2, 0.25) is 0 Å². The lowest BCUT2D eigenvalue weighted by atomic mass is 9.99. The Bertz CT molecular complexity index is 771. The minimum atomic E-state index is 0.209. The number of H-pyrrole nitrogens is 1.